The van der Waals surface area contributed by atoms with Gasteiger partial charge in [0, 0.05) is 0 Å². The number of hydrogen-bond donors (Lipinski definition) is 1. The van der Waals surface area contributed by atoms with Gasteiger partial charge in [-0.05, 0) is 24.6 Å². The molecule has 0 aromatic heterocycles. The predicted octanol–water partition coefficient (Wildman–Crippen LogP) is 1.87. The molecule has 0 aliphatic heterocycles. The zero-order chi connectivity index (χ0) is 9.90. The lowest BCUT2D eigenvalue weighted by Crippen LogP contribution is -2.19. The third-order valence-corrected chi connectivity index (χ3v) is 1.99. The highest BCUT2D eigenvalue weighted by atomic mass is 19.1. The first kappa shape index (κ1) is 9.99. The van der Waals surface area contributed by atoms with Gasteiger partial charge in [0.2, 0.25) is 0 Å². The highest BCUT2D eigenvalue weighted by Gasteiger charge is 2.24. The van der Waals surface area contributed by atoms with Gasteiger partial charge in [-0.1, -0.05) is 12.1 Å². The van der Waals surface area contributed by atoms with Crippen LogP contribution in [-0.2, 0) is 5.67 Å². The molecule has 0 fully saturated rings. The molecule has 1 aromatic carbocycles. The van der Waals surface area contributed by atoms with Crippen LogP contribution in [0, 0.1) is 0 Å². The Bertz CT molecular complexity index is 267. The highest BCUT2D eigenvalue weighted by Crippen LogP contribution is 2.26. The Morgan fingerprint density at radius 3 is 2.31 bits per heavy atom. The van der Waals surface area contributed by atoms with E-state index in [1.54, 1.807) is 31.4 Å². The number of aliphatic hydroxyl groups excluding tert-OH is 1. The molecule has 2 nitrogen and oxygen atoms in total. The van der Waals surface area contributed by atoms with Gasteiger partial charge in [-0.2, -0.15) is 0 Å². The zero-order valence-corrected chi connectivity index (χ0v) is 7.75. The molecule has 1 rings (SSSR count). The van der Waals surface area contributed by atoms with Crippen LogP contribution in [0.15, 0.2) is 24.3 Å². The molecule has 0 radical (unpaired) electrons. The largest absolute Gasteiger partial charge is 0.497 e. The van der Waals surface area contributed by atoms with Crippen LogP contribution in [-0.4, -0.2) is 18.8 Å². The molecule has 0 saturated carbocycles. The molecule has 72 valence electrons. The van der Waals surface area contributed by atoms with Crippen molar-refractivity contribution in [3.05, 3.63) is 29.8 Å². The minimum atomic E-state index is -1.67. The molecular formula is C10H13FO2. The quantitative estimate of drug-likeness (QED) is 0.777. The number of halogens is 1. The van der Waals surface area contributed by atoms with Crippen LogP contribution in [0.4, 0.5) is 4.39 Å². The smallest absolute Gasteiger partial charge is 0.156 e. The number of rotatable bonds is 3. The topological polar surface area (TPSA) is 29.5 Å². The van der Waals surface area contributed by atoms with E-state index in [4.69, 9.17) is 9.84 Å². The second-order valence-corrected chi connectivity index (χ2v) is 3.08. The molecule has 3 heteroatoms. The summed E-state index contributed by atoms with van der Waals surface area (Å²) in [7, 11) is 1.55. The molecule has 13 heavy (non-hydrogen) atoms. The first-order valence-corrected chi connectivity index (χ1v) is 4.04. The van der Waals surface area contributed by atoms with Gasteiger partial charge in [-0.15, -0.1) is 0 Å². The third kappa shape index (κ3) is 2.18. The van der Waals surface area contributed by atoms with Gasteiger partial charge in [-0.3, -0.25) is 0 Å². The van der Waals surface area contributed by atoms with E-state index in [1.807, 2.05) is 0 Å². The molecule has 0 unspecified atom stereocenters. The Kier molecular flexibility index (Phi) is 2.88. The normalized spacial score (nSPS) is 15.1. The Balaban J connectivity index is 2.92. The molecule has 0 spiro atoms. The maximum Gasteiger partial charge on any atom is 0.156 e. The third-order valence-electron chi connectivity index (χ3n) is 1.99. The fourth-order valence-electron chi connectivity index (χ4n) is 1.03. The molecule has 1 N–H and O–H groups in total. The predicted molar refractivity (Wildman–Crippen MR) is 48.5 cm³/mol. The molecule has 0 amide bonds. The first-order valence-electron chi connectivity index (χ1n) is 4.04. The summed E-state index contributed by atoms with van der Waals surface area (Å²) in [4.78, 5) is 0. The van der Waals surface area contributed by atoms with Gasteiger partial charge in [0.1, 0.15) is 5.75 Å². The fourth-order valence-corrected chi connectivity index (χ4v) is 1.03. The van der Waals surface area contributed by atoms with Gasteiger partial charge < -0.3 is 9.84 Å². The monoisotopic (exact) mass is 184 g/mol. The number of hydrogen-bond acceptors (Lipinski definition) is 2. The Labute approximate surface area is 77.0 Å². The minimum absolute atomic E-state index is 0.454. The summed E-state index contributed by atoms with van der Waals surface area (Å²) < 4.78 is 18.4. The van der Waals surface area contributed by atoms with Gasteiger partial charge in [0.05, 0.1) is 13.7 Å². The summed E-state index contributed by atoms with van der Waals surface area (Å²) in [5.41, 5.74) is -1.22. The molecule has 0 bridgehead atoms. The number of ether oxygens (including phenoxy) is 1. The lowest BCUT2D eigenvalue weighted by Gasteiger charge is -2.17. The van der Waals surface area contributed by atoms with Gasteiger partial charge in [0.25, 0.3) is 0 Å². The Morgan fingerprint density at radius 2 is 1.92 bits per heavy atom. The van der Waals surface area contributed by atoms with Crippen LogP contribution < -0.4 is 4.74 Å². The summed E-state index contributed by atoms with van der Waals surface area (Å²) in [6.07, 6.45) is 0. The second-order valence-electron chi connectivity index (χ2n) is 3.08. The SMILES string of the molecule is COc1ccc([C@](C)(F)CO)cc1. The van der Waals surface area contributed by atoms with Crippen molar-refractivity contribution in [1.29, 1.82) is 0 Å². The van der Waals surface area contributed by atoms with E-state index in [-0.39, 0.29) is 0 Å². The Morgan fingerprint density at radius 1 is 1.38 bits per heavy atom. The number of aliphatic hydroxyl groups is 1. The standard InChI is InChI=1S/C10H13FO2/c1-10(11,7-12)8-3-5-9(13-2)6-4-8/h3-6,12H,7H2,1-2H3/t10-/m1/s1. The molecule has 0 heterocycles. The van der Waals surface area contributed by atoms with E-state index in [2.05, 4.69) is 0 Å². The molecule has 0 saturated heterocycles. The van der Waals surface area contributed by atoms with E-state index < -0.39 is 12.3 Å². The zero-order valence-electron chi connectivity index (χ0n) is 7.75. The van der Waals surface area contributed by atoms with Gasteiger partial charge in [0.15, 0.2) is 5.67 Å². The van der Waals surface area contributed by atoms with E-state index in [0.29, 0.717) is 11.3 Å². The summed E-state index contributed by atoms with van der Waals surface area (Å²) in [5.74, 6) is 0.678. The fraction of sp³-hybridized carbons (Fsp3) is 0.400. The van der Waals surface area contributed by atoms with Crippen molar-refractivity contribution in [2.45, 2.75) is 12.6 Å². The molecule has 0 aliphatic carbocycles. The number of methoxy groups -OCH3 is 1. The molecule has 0 aliphatic rings. The van der Waals surface area contributed by atoms with Crippen molar-refractivity contribution in [1.82, 2.24) is 0 Å². The van der Waals surface area contributed by atoms with Crippen molar-refractivity contribution in [3.63, 3.8) is 0 Å². The molecule has 1 atom stereocenters. The van der Waals surface area contributed by atoms with Crippen molar-refractivity contribution >= 4 is 0 Å². The lowest BCUT2D eigenvalue weighted by atomic mass is 9.99. The molecule has 1 aromatic rings. The van der Waals surface area contributed by atoms with E-state index in [9.17, 15) is 4.39 Å². The maximum atomic E-state index is 13.5. The van der Waals surface area contributed by atoms with Crippen LogP contribution in [0.2, 0.25) is 0 Å². The lowest BCUT2D eigenvalue weighted by molar-refractivity contribution is 0.0867. The molecular weight excluding hydrogens is 171 g/mol. The Hall–Kier alpha value is -1.09. The van der Waals surface area contributed by atoms with E-state index >= 15 is 0 Å². The van der Waals surface area contributed by atoms with Gasteiger partial charge >= 0.3 is 0 Å². The van der Waals surface area contributed by atoms with Crippen molar-refractivity contribution in [2.75, 3.05) is 13.7 Å². The summed E-state index contributed by atoms with van der Waals surface area (Å²) in [6, 6.07) is 6.55. The number of alkyl halides is 1. The van der Waals surface area contributed by atoms with Gasteiger partial charge in [-0.25, -0.2) is 4.39 Å². The van der Waals surface area contributed by atoms with Crippen LogP contribution in [0.25, 0.3) is 0 Å². The van der Waals surface area contributed by atoms with E-state index in [1.165, 1.54) is 6.92 Å². The van der Waals surface area contributed by atoms with Crippen LogP contribution in [0.3, 0.4) is 0 Å². The summed E-state index contributed by atoms with van der Waals surface area (Å²) in [5, 5.41) is 8.77. The highest BCUT2D eigenvalue weighted by molar-refractivity contribution is 5.30. The van der Waals surface area contributed by atoms with Crippen molar-refractivity contribution < 1.29 is 14.2 Å². The van der Waals surface area contributed by atoms with Crippen molar-refractivity contribution in [3.8, 4) is 5.75 Å². The van der Waals surface area contributed by atoms with E-state index in [0.717, 1.165) is 0 Å². The summed E-state index contributed by atoms with van der Waals surface area (Å²) >= 11 is 0. The number of benzene rings is 1. The maximum absolute atomic E-state index is 13.5. The van der Waals surface area contributed by atoms with Crippen LogP contribution in [0.1, 0.15) is 12.5 Å². The minimum Gasteiger partial charge on any atom is -0.497 e. The first-order chi connectivity index (χ1) is 6.10. The van der Waals surface area contributed by atoms with Crippen molar-refractivity contribution in [2.24, 2.45) is 0 Å². The average molecular weight is 184 g/mol. The average Bonchev–Trinajstić information content (AvgIpc) is 2.18. The van der Waals surface area contributed by atoms with Crippen LogP contribution >= 0.6 is 0 Å². The second kappa shape index (κ2) is 3.75. The summed E-state index contributed by atoms with van der Waals surface area (Å²) in [6.45, 7) is 0.828. The van der Waals surface area contributed by atoms with Crippen LogP contribution in [0.5, 0.6) is 5.75 Å².